The molecule has 0 fully saturated rings. The van der Waals surface area contributed by atoms with E-state index in [-0.39, 0.29) is 0 Å². The molecule has 0 N–H and O–H groups in total. The molecule has 8 aromatic carbocycles. The predicted molar refractivity (Wildman–Crippen MR) is 236 cm³/mol. The first kappa shape index (κ1) is 54.4. The van der Waals surface area contributed by atoms with Crippen molar-refractivity contribution >= 4 is 51.4 Å². The summed E-state index contributed by atoms with van der Waals surface area (Å²) in [6, 6.07) is 36.4. The lowest BCUT2D eigenvalue weighted by Gasteiger charge is -2.44. The van der Waals surface area contributed by atoms with E-state index < -0.39 is 152 Å². The number of hydrogen-bond acceptors (Lipinski definition) is 1. The number of rotatable bonds is 9. The van der Waals surface area contributed by atoms with E-state index in [0.29, 0.717) is 0 Å². The molecule has 0 saturated carbocycles. The average molecular weight is 1080 g/mol. The molecule has 74 heavy (non-hydrogen) atoms. The van der Waals surface area contributed by atoms with Crippen LogP contribution >= 0.6 is 7.49 Å². The molecule has 23 heteroatoms. The van der Waals surface area contributed by atoms with Gasteiger partial charge in [-0.3, -0.25) is 0 Å². The van der Waals surface area contributed by atoms with E-state index in [2.05, 4.69) is 124 Å². The van der Waals surface area contributed by atoms with Gasteiger partial charge in [-0.25, -0.2) is 87.8 Å². The first-order chi connectivity index (χ1) is 34.8. The number of benzene rings is 8. The van der Waals surface area contributed by atoms with Gasteiger partial charge < -0.3 is 4.52 Å². The van der Waals surface area contributed by atoms with Crippen molar-refractivity contribution in [3.63, 3.8) is 0 Å². The second kappa shape index (κ2) is 20.5. The minimum absolute atomic E-state index is 0.987. The topological polar surface area (TPSA) is 9.23 Å². The zero-order chi connectivity index (χ0) is 54.6. The Kier molecular flexibility index (Phi) is 15.1. The minimum Gasteiger partial charge on any atom is -0.334 e. The summed E-state index contributed by atoms with van der Waals surface area (Å²) in [5.74, 6) is -70.4. The third kappa shape index (κ3) is 8.49. The summed E-state index contributed by atoms with van der Waals surface area (Å²) >= 11 is 0. The molecule has 0 aromatic heterocycles. The molecule has 384 valence electrons. The Morgan fingerprint density at radius 1 is 0.284 bits per heavy atom. The summed E-state index contributed by atoms with van der Waals surface area (Å²) in [6.45, 7) is 6.42. The van der Waals surface area contributed by atoms with Gasteiger partial charge in [0.1, 0.15) is 68.6 Å². The van der Waals surface area contributed by atoms with Crippen LogP contribution in [-0.2, 0) is 0 Å². The van der Waals surface area contributed by atoms with Crippen LogP contribution in [0.4, 0.5) is 87.8 Å². The molecule has 0 aliphatic rings. The third-order valence-corrected chi connectivity index (χ3v) is 15.4. The number of hydrogen-bond donors (Lipinski definition) is 0. The van der Waals surface area contributed by atoms with Crippen LogP contribution < -0.4 is 42.3 Å². The van der Waals surface area contributed by atoms with E-state index in [1.54, 1.807) is 0 Å². The minimum atomic E-state index is -7.22. The van der Waals surface area contributed by atoms with Gasteiger partial charge in [-0.05, 0) is 68.3 Å². The fraction of sp³-hybridized carbons (Fsp3) is 0.0588. The molecular weight excluding hydrogens is 1050 g/mol. The summed E-state index contributed by atoms with van der Waals surface area (Å²) in [6.07, 6.45) is -7.22. The van der Waals surface area contributed by atoms with Crippen LogP contribution in [0, 0.1) is 137 Å². The van der Waals surface area contributed by atoms with Gasteiger partial charge in [-0.15, -0.1) is 21.9 Å². The van der Waals surface area contributed by atoms with Gasteiger partial charge in [0, 0.05) is 0 Å². The van der Waals surface area contributed by atoms with Crippen molar-refractivity contribution in [2.75, 3.05) is 0 Å². The van der Waals surface area contributed by atoms with Crippen molar-refractivity contribution in [3.8, 4) is 5.75 Å². The molecule has 1 nitrogen and oxygen atoms in total. The maximum absolute atomic E-state index is 15.4. The van der Waals surface area contributed by atoms with Gasteiger partial charge in [-0.1, -0.05) is 72.3 Å². The van der Waals surface area contributed by atoms with Gasteiger partial charge in [0.05, 0.1) is 0 Å². The van der Waals surface area contributed by atoms with Gasteiger partial charge >= 0.3 is 0 Å². The number of aryl methyl sites for hydroxylation is 3. The van der Waals surface area contributed by atoms with Gasteiger partial charge in [0.15, 0.2) is 75.6 Å². The maximum atomic E-state index is 15.4. The zero-order valence-corrected chi connectivity index (χ0v) is 38.2. The van der Waals surface area contributed by atoms with Crippen molar-refractivity contribution in [2.24, 2.45) is 0 Å². The molecule has 0 heterocycles. The Morgan fingerprint density at radius 3 is 0.676 bits per heavy atom. The second-order valence-corrected chi connectivity index (χ2v) is 19.2. The number of halogens is 20. The van der Waals surface area contributed by atoms with E-state index in [4.69, 9.17) is 4.52 Å². The van der Waals surface area contributed by atoms with Crippen molar-refractivity contribution < 1.29 is 92.3 Å². The predicted octanol–water partition coefficient (Wildman–Crippen LogP) is 11.7. The van der Waals surface area contributed by atoms with Crippen LogP contribution in [-0.4, -0.2) is 6.15 Å². The molecule has 0 amide bonds. The Morgan fingerprint density at radius 2 is 0.473 bits per heavy atom. The highest BCUT2D eigenvalue weighted by Gasteiger charge is 2.53. The lowest BCUT2D eigenvalue weighted by Crippen LogP contribution is -2.81. The Hall–Kier alpha value is -7.35. The van der Waals surface area contributed by atoms with E-state index in [1.807, 2.05) is 0 Å². The molecule has 0 spiro atoms. The summed E-state index contributed by atoms with van der Waals surface area (Å²) in [4.78, 5) is 0. The molecule has 0 aliphatic heterocycles. The molecule has 8 aromatic rings. The summed E-state index contributed by atoms with van der Waals surface area (Å²) in [5, 5.41) is 3.66. The van der Waals surface area contributed by atoms with Crippen molar-refractivity contribution in [1.82, 2.24) is 0 Å². The van der Waals surface area contributed by atoms with Gasteiger partial charge in [-0.2, -0.15) is 0 Å². The maximum Gasteiger partial charge on any atom is 0.287 e. The highest BCUT2D eigenvalue weighted by atomic mass is 31.2. The van der Waals surface area contributed by atoms with E-state index in [0.717, 1.165) is 5.75 Å². The standard InChI is InChI=1S/C27H26OP.C24BF20/c1-21-19-22(2)27(23(3)20-21)28-29(24-13-7-4-8-14-24,25-15-9-5-10-16-25)26-17-11-6-12-18-26;26-5-1(6(27)14(35)21(42)13(5)34)25(2-7(28)15(36)22(43)16(37)8(2)29,3-9(30)17(38)23(44)18(39)10(3)31)4-11(32)19(40)24(45)20(41)12(4)33/h4-20H,1-3H3;/q+1;-1. The van der Waals surface area contributed by atoms with E-state index >= 15 is 35.1 Å². The normalized spacial score (nSPS) is 11.7. The highest BCUT2D eigenvalue weighted by Crippen LogP contribution is 2.57. The zero-order valence-electron chi connectivity index (χ0n) is 37.3. The summed E-state index contributed by atoms with van der Waals surface area (Å²) in [7, 11) is -2.34. The molecular formula is C51H26BF20OP. The molecule has 0 saturated heterocycles. The van der Waals surface area contributed by atoms with Gasteiger partial charge in [0.25, 0.3) is 7.49 Å². The van der Waals surface area contributed by atoms with Crippen LogP contribution in [0.1, 0.15) is 16.7 Å². The molecule has 8 rings (SSSR count). The quantitative estimate of drug-likeness (QED) is 0.0460. The van der Waals surface area contributed by atoms with Crippen molar-refractivity contribution in [2.45, 2.75) is 20.8 Å². The fourth-order valence-electron chi connectivity index (χ4n) is 8.84. The molecule has 0 bridgehead atoms. The highest BCUT2D eigenvalue weighted by molar-refractivity contribution is 7.92. The Bertz CT molecular complexity index is 3010. The monoisotopic (exact) mass is 1080 g/mol. The van der Waals surface area contributed by atoms with E-state index in [1.165, 1.54) is 32.6 Å². The first-order valence-electron chi connectivity index (χ1n) is 20.9. The third-order valence-electron chi connectivity index (χ3n) is 11.9. The van der Waals surface area contributed by atoms with Crippen molar-refractivity contribution in [3.05, 3.63) is 236 Å². The molecule has 0 atom stereocenters. The lowest BCUT2D eigenvalue weighted by atomic mass is 9.12. The van der Waals surface area contributed by atoms with Crippen molar-refractivity contribution in [1.29, 1.82) is 0 Å². The Labute approximate surface area is 405 Å². The van der Waals surface area contributed by atoms with E-state index in [9.17, 15) is 52.7 Å². The van der Waals surface area contributed by atoms with Crippen LogP contribution in [0.5, 0.6) is 5.75 Å². The van der Waals surface area contributed by atoms with Crippen LogP contribution in [0.25, 0.3) is 0 Å². The molecule has 0 unspecified atom stereocenters. The molecule has 0 radical (unpaired) electrons. The lowest BCUT2D eigenvalue weighted by molar-refractivity contribution is 0.378. The first-order valence-corrected chi connectivity index (χ1v) is 22.6. The summed E-state index contributed by atoms with van der Waals surface area (Å²) in [5.41, 5.74) is -10.7. The largest absolute Gasteiger partial charge is 0.334 e. The molecule has 0 aliphatic carbocycles. The average Bonchev–Trinajstić information content (AvgIpc) is 3.39. The van der Waals surface area contributed by atoms with Crippen LogP contribution in [0.2, 0.25) is 0 Å². The fourth-order valence-corrected chi connectivity index (χ4v) is 12.4. The SMILES string of the molecule is Cc1cc(C)c(O[P+](c2ccccc2)(c2ccccc2)c2ccccc2)c(C)c1.Fc1c(F)c(F)c([B-](c2c(F)c(F)c(F)c(F)c2F)(c2c(F)c(F)c(F)c(F)c2F)c2c(F)c(F)c(F)c(F)c2F)c(F)c1F. The summed E-state index contributed by atoms with van der Waals surface area (Å²) < 4.78 is 301. The Balaban J connectivity index is 0.000000237. The smallest absolute Gasteiger partial charge is 0.287 e. The van der Waals surface area contributed by atoms with Gasteiger partial charge in [0.2, 0.25) is 0 Å². The van der Waals surface area contributed by atoms with Crippen LogP contribution in [0.15, 0.2) is 103 Å². The second-order valence-electron chi connectivity index (χ2n) is 16.2. The van der Waals surface area contributed by atoms with Crippen LogP contribution in [0.3, 0.4) is 0 Å².